The van der Waals surface area contributed by atoms with Crippen molar-refractivity contribution >= 4 is 12.2 Å². The maximum Gasteiger partial charge on any atom is 0.211 e. The summed E-state index contributed by atoms with van der Waals surface area (Å²) >= 11 is 0. The second-order valence-corrected chi connectivity index (χ2v) is 3.96. The standard InChI is InChI=1S/C12H14FN5/c1-7(2)11-8(6-17-18-12(15)16)3-4-10(13)9(11)5-14/h3-4,6-7H,1-2H3,(H4,15,16,18)/b17-6+. The fraction of sp³-hybridized carbons (Fsp3) is 0.250. The molecule has 0 aliphatic carbocycles. The summed E-state index contributed by atoms with van der Waals surface area (Å²) in [5.74, 6) is -0.726. The van der Waals surface area contributed by atoms with Crippen molar-refractivity contribution in [2.45, 2.75) is 19.8 Å². The van der Waals surface area contributed by atoms with Gasteiger partial charge in [0, 0.05) is 0 Å². The van der Waals surface area contributed by atoms with E-state index in [9.17, 15) is 4.39 Å². The minimum absolute atomic E-state index is 0.0176. The van der Waals surface area contributed by atoms with E-state index >= 15 is 0 Å². The second kappa shape index (κ2) is 5.77. The number of guanidine groups is 1. The Balaban J connectivity index is 3.33. The van der Waals surface area contributed by atoms with Crippen molar-refractivity contribution in [3.05, 3.63) is 34.6 Å². The number of hydrogen-bond donors (Lipinski definition) is 2. The highest BCUT2D eigenvalue weighted by Gasteiger charge is 2.15. The lowest BCUT2D eigenvalue weighted by molar-refractivity contribution is 0.618. The summed E-state index contributed by atoms with van der Waals surface area (Å²) in [5, 5.41) is 16.1. The molecule has 1 rings (SSSR count). The average molecular weight is 247 g/mol. The van der Waals surface area contributed by atoms with E-state index in [0.29, 0.717) is 11.1 Å². The topological polar surface area (TPSA) is 101 Å². The average Bonchev–Trinajstić information content (AvgIpc) is 2.29. The normalized spacial score (nSPS) is 10.6. The smallest absolute Gasteiger partial charge is 0.211 e. The molecule has 0 fully saturated rings. The van der Waals surface area contributed by atoms with Crippen molar-refractivity contribution in [1.29, 1.82) is 5.26 Å². The molecular formula is C12H14FN5. The van der Waals surface area contributed by atoms with Crippen LogP contribution in [0, 0.1) is 17.1 Å². The van der Waals surface area contributed by atoms with Crippen molar-refractivity contribution < 1.29 is 4.39 Å². The molecule has 0 heterocycles. The molecule has 0 saturated carbocycles. The number of halogens is 1. The van der Waals surface area contributed by atoms with Gasteiger partial charge < -0.3 is 11.5 Å². The largest absolute Gasteiger partial charge is 0.369 e. The number of nitrogens with two attached hydrogens (primary N) is 2. The molecule has 0 aliphatic rings. The monoisotopic (exact) mass is 247 g/mol. The molecule has 0 bridgehead atoms. The lowest BCUT2D eigenvalue weighted by atomic mass is 9.92. The summed E-state index contributed by atoms with van der Waals surface area (Å²) in [7, 11) is 0. The molecule has 0 atom stereocenters. The third-order valence-corrected chi connectivity index (χ3v) is 2.29. The van der Waals surface area contributed by atoms with Crippen molar-refractivity contribution in [3.8, 4) is 6.07 Å². The second-order valence-electron chi connectivity index (χ2n) is 3.96. The van der Waals surface area contributed by atoms with Crippen LogP contribution in [0.3, 0.4) is 0 Å². The predicted molar refractivity (Wildman–Crippen MR) is 68.6 cm³/mol. The van der Waals surface area contributed by atoms with E-state index in [4.69, 9.17) is 16.7 Å². The van der Waals surface area contributed by atoms with Gasteiger partial charge in [0.1, 0.15) is 11.9 Å². The third kappa shape index (κ3) is 3.04. The van der Waals surface area contributed by atoms with Gasteiger partial charge in [-0.05, 0) is 23.1 Å². The minimum Gasteiger partial charge on any atom is -0.369 e. The zero-order valence-corrected chi connectivity index (χ0v) is 10.2. The first kappa shape index (κ1) is 13.6. The molecule has 0 aromatic heterocycles. The molecule has 0 radical (unpaired) electrons. The van der Waals surface area contributed by atoms with E-state index in [0.717, 1.165) is 0 Å². The van der Waals surface area contributed by atoms with Crippen LogP contribution < -0.4 is 11.5 Å². The van der Waals surface area contributed by atoms with Gasteiger partial charge in [0.15, 0.2) is 0 Å². The summed E-state index contributed by atoms with van der Waals surface area (Å²) in [5.41, 5.74) is 11.5. The van der Waals surface area contributed by atoms with Crippen LogP contribution in [-0.2, 0) is 0 Å². The fourth-order valence-corrected chi connectivity index (χ4v) is 1.61. The van der Waals surface area contributed by atoms with Gasteiger partial charge in [0.25, 0.3) is 0 Å². The van der Waals surface area contributed by atoms with E-state index in [1.54, 1.807) is 0 Å². The van der Waals surface area contributed by atoms with E-state index in [1.165, 1.54) is 18.3 Å². The van der Waals surface area contributed by atoms with Gasteiger partial charge >= 0.3 is 0 Å². The molecule has 5 nitrogen and oxygen atoms in total. The maximum atomic E-state index is 13.5. The number of nitrogens with zero attached hydrogens (tertiary/aromatic N) is 3. The molecule has 0 unspecified atom stereocenters. The molecule has 0 aliphatic heterocycles. The Bertz CT molecular complexity index is 536. The van der Waals surface area contributed by atoms with E-state index in [1.807, 2.05) is 19.9 Å². The summed E-state index contributed by atoms with van der Waals surface area (Å²) in [6, 6.07) is 4.63. The van der Waals surface area contributed by atoms with Crippen molar-refractivity contribution in [2.24, 2.45) is 21.7 Å². The fourth-order valence-electron chi connectivity index (χ4n) is 1.61. The molecule has 1 aromatic rings. The number of nitriles is 1. The van der Waals surface area contributed by atoms with Gasteiger partial charge in [0.05, 0.1) is 11.8 Å². The van der Waals surface area contributed by atoms with Gasteiger partial charge in [-0.3, -0.25) is 0 Å². The van der Waals surface area contributed by atoms with E-state index < -0.39 is 5.82 Å². The van der Waals surface area contributed by atoms with Crippen molar-refractivity contribution in [1.82, 2.24) is 0 Å². The Morgan fingerprint density at radius 3 is 2.61 bits per heavy atom. The molecule has 6 heteroatoms. The third-order valence-electron chi connectivity index (χ3n) is 2.29. The molecular weight excluding hydrogens is 233 g/mol. The first-order valence-electron chi connectivity index (χ1n) is 5.31. The molecule has 0 amide bonds. The molecule has 4 N–H and O–H groups in total. The number of hydrogen-bond acceptors (Lipinski definition) is 3. The Labute approximate surface area is 105 Å². The Kier molecular flexibility index (Phi) is 4.38. The van der Waals surface area contributed by atoms with E-state index in [2.05, 4.69) is 10.2 Å². The van der Waals surface area contributed by atoms with Gasteiger partial charge in [-0.2, -0.15) is 10.4 Å². The lowest BCUT2D eigenvalue weighted by Crippen LogP contribution is -2.21. The Hall–Kier alpha value is -2.42. The molecule has 94 valence electrons. The highest BCUT2D eigenvalue weighted by molar-refractivity contribution is 5.84. The molecule has 0 saturated heterocycles. The van der Waals surface area contributed by atoms with Crippen LogP contribution in [0.1, 0.15) is 36.5 Å². The molecule has 18 heavy (non-hydrogen) atoms. The zero-order chi connectivity index (χ0) is 13.7. The highest BCUT2D eigenvalue weighted by Crippen LogP contribution is 2.24. The van der Waals surface area contributed by atoms with Gasteiger partial charge in [-0.1, -0.05) is 19.9 Å². The van der Waals surface area contributed by atoms with E-state index in [-0.39, 0.29) is 17.4 Å². The Morgan fingerprint density at radius 2 is 2.11 bits per heavy atom. The summed E-state index contributed by atoms with van der Waals surface area (Å²) in [6.45, 7) is 3.74. The first-order chi connectivity index (χ1) is 8.47. The van der Waals surface area contributed by atoms with Crippen LogP contribution in [-0.4, -0.2) is 12.2 Å². The minimum atomic E-state index is -0.541. The SMILES string of the molecule is CC(C)c1c(/C=N/N=C(N)N)ccc(F)c1C#N. The van der Waals surface area contributed by atoms with Crippen LogP contribution in [0.25, 0.3) is 0 Å². The van der Waals surface area contributed by atoms with Crippen molar-refractivity contribution in [3.63, 3.8) is 0 Å². The number of benzene rings is 1. The van der Waals surface area contributed by atoms with Crippen molar-refractivity contribution in [2.75, 3.05) is 0 Å². The Morgan fingerprint density at radius 1 is 1.44 bits per heavy atom. The number of rotatable bonds is 3. The van der Waals surface area contributed by atoms with Gasteiger partial charge in [-0.25, -0.2) is 4.39 Å². The van der Waals surface area contributed by atoms with Crippen LogP contribution in [0.4, 0.5) is 4.39 Å². The van der Waals surface area contributed by atoms with Gasteiger partial charge in [0.2, 0.25) is 5.96 Å². The highest BCUT2D eigenvalue weighted by atomic mass is 19.1. The molecule has 1 aromatic carbocycles. The summed E-state index contributed by atoms with van der Waals surface area (Å²) in [4.78, 5) is 0. The van der Waals surface area contributed by atoms with Crippen LogP contribution >= 0.6 is 0 Å². The first-order valence-corrected chi connectivity index (χ1v) is 5.31. The van der Waals surface area contributed by atoms with Gasteiger partial charge in [-0.15, -0.1) is 5.10 Å². The summed E-state index contributed by atoms with van der Waals surface area (Å²) < 4.78 is 13.5. The lowest BCUT2D eigenvalue weighted by Gasteiger charge is -2.11. The van der Waals surface area contributed by atoms with Crippen LogP contribution in [0.2, 0.25) is 0 Å². The zero-order valence-electron chi connectivity index (χ0n) is 10.2. The summed E-state index contributed by atoms with van der Waals surface area (Å²) in [6.07, 6.45) is 1.40. The molecule has 0 spiro atoms. The van der Waals surface area contributed by atoms with Crippen LogP contribution in [0.5, 0.6) is 0 Å². The maximum absolute atomic E-state index is 13.5. The quantitative estimate of drug-likeness (QED) is 0.480. The van der Waals surface area contributed by atoms with Crippen LogP contribution in [0.15, 0.2) is 22.3 Å². The predicted octanol–water partition coefficient (Wildman–Crippen LogP) is 1.43.